The molecular formula is C18H27N5O3. The monoisotopic (exact) mass is 361 g/mol. The van der Waals surface area contributed by atoms with Gasteiger partial charge in [0.2, 0.25) is 11.8 Å². The number of carbonyl (C=O) groups excluding carboxylic acids is 2. The van der Waals surface area contributed by atoms with Gasteiger partial charge in [0.1, 0.15) is 5.82 Å². The van der Waals surface area contributed by atoms with Gasteiger partial charge in [-0.1, -0.05) is 6.58 Å². The fourth-order valence-corrected chi connectivity index (χ4v) is 4.07. The summed E-state index contributed by atoms with van der Waals surface area (Å²) in [5, 5.41) is 6.70. The number of nitrogens with one attached hydrogen (secondary N) is 1. The zero-order valence-corrected chi connectivity index (χ0v) is 15.3. The Morgan fingerprint density at radius 2 is 1.96 bits per heavy atom. The molecule has 0 saturated carbocycles. The number of aromatic nitrogens is 3. The maximum Gasteiger partial charge on any atom is 0.343 e. The Labute approximate surface area is 152 Å². The highest BCUT2D eigenvalue weighted by Crippen LogP contribution is 2.28. The van der Waals surface area contributed by atoms with E-state index in [2.05, 4.69) is 16.8 Å². The second-order valence-corrected chi connectivity index (χ2v) is 7.06. The van der Waals surface area contributed by atoms with Crippen molar-refractivity contribution in [2.45, 2.75) is 45.1 Å². The summed E-state index contributed by atoms with van der Waals surface area (Å²) in [5.41, 5.74) is -0.171. The van der Waals surface area contributed by atoms with Crippen LogP contribution in [0.1, 0.15) is 44.3 Å². The number of hydrogen-bond donors (Lipinski definition) is 1. The molecule has 2 amide bonds. The predicted molar refractivity (Wildman–Crippen MR) is 96.6 cm³/mol. The van der Waals surface area contributed by atoms with Crippen LogP contribution in [0, 0.1) is 5.92 Å². The second kappa shape index (κ2) is 7.88. The minimum Gasteiger partial charge on any atom is -0.342 e. The molecule has 26 heavy (non-hydrogen) atoms. The highest BCUT2D eigenvalue weighted by atomic mass is 16.2. The van der Waals surface area contributed by atoms with Gasteiger partial charge in [-0.3, -0.25) is 14.2 Å². The van der Waals surface area contributed by atoms with Crippen molar-refractivity contribution in [3.8, 4) is 0 Å². The van der Waals surface area contributed by atoms with Crippen LogP contribution in [0.4, 0.5) is 0 Å². The highest BCUT2D eigenvalue weighted by Gasteiger charge is 2.33. The molecule has 0 aliphatic carbocycles. The van der Waals surface area contributed by atoms with E-state index in [4.69, 9.17) is 0 Å². The van der Waals surface area contributed by atoms with Gasteiger partial charge < -0.3 is 9.80 Å². The topological polar surface area (TPSA) is 91.3 Å². The Bertz CT molecular complexity index is 729. The number of rotatable bonds is 4. The van der Waals surface area contributed by atoms with Crippen LogP contribution in [-0.2, 0) is 16.1 Å². The molecule has 2 aliphatic rings. The molecule has 1 aromatic rings. The van der Waals surface area contributed by atoms with E-state index in [1.165, 1.54) is 6.08 Å². The summed E-state index contributed by atoms with van der Waals surface area (Å²) >= 11 is 0. The van der Waals surface area contributed by atoms with E-state index in [1.807, 2.05) is 11.8 Å². The summed E-state index contributed by atoms with van der Waals surface area (Å²) in [5.74, 6) is 0.911. The van der Waals surface area contributed by atoms with Crippen LogP contribution in [0.2, 0.25) is 0 Å². The van der Waals surface area contributed by atoms with Crippen molar-refractivity contribution in [3.05, 3.63) is 29.0 Å². The van der Waals surface area contributed by atoms with E-state index in [0.717, 1.165) is 31.5 Å². The molecule has 2 saturated heterocycles. The average Bonchev–Trinajstić information content (AvgIpc) is 3.07. The first-order chi connectivity index (χ1) is 12.5. The van der Waals surface area contributed by atoms with Crippen LogP contribution >= 0.6 is 0 Å². The van der Waals surface area contributed by atoms with Crippen molar-refractivity contribution in [1.82, 2.24) is 24.6 Å². The van der Waals surface area contributed by atoms with E-state index >= 15 is 0 Å². The molecule has 8 heteroatoms. The molecule has 3 heterocycles. The molecule has 0 bridgehead atoms. The largest absolute Gasteiger partial charge is 0.343 e. The Hall–Kier alpha value is -2.38. The minimum atomic E-state index is -0.171. The summed E-state index contributed by atoms with van der Waals surface area (Å²) in [6, 6.07) is 0. The number of carbonyl (C=O) groups is 2. The fraction of sp³-hybridized carbons (Fsp3) is 0.667. The predicted octanol–water partition coefficient (Wildman–Crippen LogP) is 0.722. The lowest BCUT2D eigenvalue weighted by Crippen LogP contribution is -2.48. The molecule has 0 spiro atoms. The van der Waals surface area contributed by atoms with E-state index < -0.39 is 0 Å². The molecule has 1 atom stereocenters. The Balaban J connectivity index is 1.59. The van der Waals surface area contributed by atoms with E-state index in [9.17, 15) is 14.4 Å². The minimum absolute atomic E-state index is 0.0997. The molecule has 1 aromatic heterocycles. The normalized spacial score (nSPS) is 21.7. The van der Waals surface area contributed by atoms with Gasteiger partial charge in [-0.15, -0.1) is 0 Å². The van der Waals surface area contributed by atoms with Crippen LogP contribution in [0.15, 0.2) is 17.4 Å². The third kappa shape index (κ3) is 3.59. The smallest absolute Gasteiger partial charge is 0.342 e. The lowest BCUT2D eigenvalue weighted by Gasteiger charge is -2.37. The number of likely N-dealkylation sites (tertiary alicyclic amines) is 2. The van der Waals surface area contributed by atoms with E-state index in [1.54, 1.807) is 9.47 Å². The molecule has 1 N–H and O–H groups in total. The standard InChI is InChI=1S/C18H27N5O3/c1-3-15(24)22-9-5-6-14(12-22)17(25)21-10-7-13(8-11-21)16-19-20-18(26)23(16)4-2/h3,13-14H,1,4-12H2,2H3,(H,20,26). The van der Waals surface area contributed by atoms with Crippen LogP contribution < -0.4 is 5.69 Å². The lowest BCUT2D eigenvalue weighted by atomic mass is 9.92. The number of piperidine rings is 2. The Morgan fingerprint density at radius 3 is 2.62 bits per heavy atom. The van der Waals surface area contributed by atoms with Gasteiger partial charge >= 0.3 is 5.69 Å². The van der Waals surface area contributed by atoms with Crippen molar-refractivity contribution in [2.24, 2.45) is 5.92 Å². The van der Waals surface area contributed by atoms with Gasteiger partial charge in [0.25, 0.3) is 0 Å². The molecule has 8 nitrogen and oxygen atoms in total. The molecule has 2 aliphatic heterocycles. The summed E-state index contributed by atoms with van der Waals surface area (Å²) in [6.07, 6.45) is 4.60. The van der Waals surface area contributed by atoms with Gasteiger partial charge in [-0.25, -0.2) is 9.89 Å². The third-order valence-electron chi connectivity index (χ3n) is 5.53. The van der Waals surface area contributed by atoms with Gasteiger partial charge in [0.15, 0.2) is 0 Å². The van der Waals surface area contributed by atoms with Crippen LogP contribution in [0.3, 0.4) is 0 Å². The van der Waals surface area contributed by atoms with Crippen LogP contribution in [0.5, 0.6) is 0 Å². The summed E-state index contributed by atoms with van der Waals surface area (Å²) in [7, 11) is 0. The summed E-state index contributed by atoms with van der Waals surface area (Å²) in [4.78, 5) is 40.1. The zero-order valence-electron chi connectivity index (χ0n) is 15.3. The zero-order chi connectivity index (χ0) is 18.7. The first-order valence-corrected chi connectivity index (χ1v) is 9.40. The Morgan fingerprint density at radius 1 is 1.23 bits per heavy atom. The van der Waals surface area contributed by atoms with Crippen molar-refractivity contribution in [3.63, 3.8) is 0 Å². The van der Waals surface area contributed by atoms with Crippen molar-refractivity contribution in [1.29, 1.82) is 0 Å². The van der Waals surface area contributed by atoms with Gasteiger partial charge in [-0.2, -0.15) is 5.10 Å². The first-order valence-electron chi connectivity index (χ1n) is 9.40. The summed E-state index contributed by atoms with van der Waals surface area (Å²) in [6.45, 7) is 8.57. The first kappa shape index (κ1) is 18.4. The second-order valence-electron chi connectivity index (χ2n) is 7.06. The highest BCUT2D eigenvalue weighted by molar-refractivity contribution is 5.88. The van der Waals surface area contributed by atoms with Crippen molar-refractivity contribution < 1.29 is 9.59 Å². The number of aromatic amines is 1. The summed E-state index contributed by atoms with van der Waals surface area (Å²) < 4.78 is 1.67. The molecule has 3 rings (SSSR count). The maximum absolute atomic E-state index is 12.9. The van der Waals surface area contributed by atoms with Gasteiger partial charge in [-0.05, 0) is 38.7 Å². The maximum atomic E-state index is 12.9. The molecular weight excluding hydrogens is 334 g/mol. The number of amides is 2. The van der Waals surface area contributed by atoms with Crippen LogP contribution in [-0.4, -0.2) is 62.6 Å². The fourth-order valence-electron chi connectivity index (χ4n) is 4.07. The molecule has 1 unspecified atom stereocenters. The van der Waals surface area contributed by atoms with Gasteiger partial charge in [0, 0.05) is 38.6 Å². The molecule has 2 fully saturated rings. The molecule has 142 valence electrons. The number of H-pyrrole nitrogens is 1. The molecule has 0 radical (unpaired) electrons. The SMILES string of the molecule is C=CC(=O)N1CCCC(C(=O)N2CCC(c3n[nH]c(=O)n3CC)CC2)C1. The third-order valence-corrected chi connectivity index (χ3v) is 5.53. The van der Waals surface area contributed by atoms with Crippen LogP contribution in [0.25, 0.3) is 0 Å². The van der Waals surface area contributed by atoms with Crippen molar-refractivity contribution >= 4 is 11.8 Å². The number of hydrogen-bond acceptors (Lipinski definition) is 4. The van der Waals surface area contributed by atoms with Crippen molar-refractivity contribution in [2.75, 3.05) is 26.2 Å². The molecule has 0 aromatic carbocycles. The quantitative estimate of drug-likeness (QED) is 0.800. The van der Waals surface area contributed by atoms with E-state index in [-0.39, 0.29) is 29.3 Å². The Kier molecular flexibility index (Phi) is 5.58. The average molecular weight is 361 g/mol. The van der Waals surface area contributed by atoms with Gasteiger partial charge in [0.05, 0.1) is 5.92 Å². The van der Waals surface area contributed by atoms with E-state index in [0.29, 0.717) is 32.7 Å². The number of nitrogens with zero attached hydrogens (tertiary/aromatic N) is 4. The lowest BCUT2D eigenvalue weighted by molar-refractivity contribution is -0.140.